The first-order valence-corrected chi connectivity index (χ1v) is 8.24. The zero-order valence-electron chi connectivity index (χ0n) is 15.2. The van der Waals surface area contributed by atoms with Gasteiger partial charge in [0.2, 0.25) is 0 Å². The highest BCUT2D eigenvalue weighted by Crippen LogP contribution is 2.34. The number of phenolic OH excluding ortho intramolecular Hbond substituents is 2. The van der Waals surface area contributed by atoms with Crippen molar-refractivity contribution in [2.24, 2.45) is 5.92 Å². The summed E-state index contributed by atoms with van der Waals surface area (Å²) in [6.45, 7) is 9.97. The smallest absolute Gasteiger partial charge is 0.172 e. The van der Waals surface area contributed by atoms with Crippen molar-refractivity contribution in [3.05, 3.63) is 41.0 Å². The number of phenols is 2. The van der Waals surface area contributed by atoms with E-state index in [1.54, 1.807) is 13.8 Å². The average Bonchev–Trinajstić information content (AvgIpc) is 2.45. The van der Waals surface area contributed by atoms with Crippen molar-refractivity contribution in [1.82, 2.24) is 0 Å². The first kappa shape index (κ1) is 19.8. The minimum absolute atomic E-state index is 0.124. The Hall–Kier alpha value is -2.23. The molecule has 0 aliphatic heterocycles. The molecule has 0 unspecified atom stereocenters. The normalized spacial score (nSPS) is 11.5. The Bertz CT molecular complexity index is 635. The van der Waals surface area contributed by atoms with Crippen LogP contribution in [0.25, 0.3) is 0 Å². The van der Waals surface area contributed by atoms with E-state index in [9.17, 15) is 15.0 Å². The number of benzene rings is 1. The van der Waals surface area contributed by atoms with E-state index in [2.05, 4.69) is 19.9 Å². The zero-order chi connectivity index (χ0) is 18.3. The molecule has 0 heterocycles. The van der Waals surface area contributed by atoms with E-state index >= 15 is 0 Å². The minimum Gasteiger partial charge on any atom is -0.508 e. The lowest BCUT2D eigenvalue weighted by molar-refractivity contribution is 0.0933. The monoisotopic (exact) mass is 332 g/mol. The molecule has 0 atom stereocenters. The number of aromatic hydroxyl groups is 2. The number of ketones is 1. The van der Waals surface area contributed by atoms with Crippen LogP contribution < -0.4 is 4.74 Å². The predicted molar refractivity (Wildman–Crippen MR) is 96.9 cm³/mol. The Morgan fingerprint density at radius 2 is 1.83 bits per heavy atom. The fourth-order valence-electron chi connectivity index (χ4n) is 2.20. The van der Waals surface area contributed by atoms with Crippen molar-refractivity contribution in [2.75, 3.05) is 6.61 Å². The van der Waals surface area contributed by atoms with Gasteiger partial charge in [0.15, 0.2) is 5.78 Å². The topological polar surface area (TPSA) is 66.8 Å². The van der Waals surface area contributed by atoms with Gasteiger partial charge in [0.1, 0.15) is 29.4 Å². The summed E-state index contributed by atoms with van der Waals surface area (Å²) in [4.78, 5) is 12.3. The van der Waals surface area contributed by atoms with Gasteiger partial charge in [-0.3, -0.25) is 4.79 Å². The van der Waals surface area contributed by atoms with Crippen LogP contribution in [0.15, 0.2) is 35.4 Å². The summed E-state index contributed by atoms with van der Waals surface area (Å²) in [7, 11) is 0. The Morgan fingerprint density at radius 3 is 2.42 bits per heavy atom. The molecule has 2 N–H and O–H groups in total. The molecule has 0 fully saturated rings. The second kappa shape index (κ2) is 9.16. The molecule has 0 radical (unpaired) electrons. The van der Waals surface area contributed by atoms with Gasteiger partial charge in [0.25, 0.3) is 0 Å². The maximum atomic E-state index is 12.3. The summed E-state index contributed by atoms with van der Waals surface area (Å²) in [6.07, 6.45) is 6.06. The molecule has 24 heavy (non-hydrogen) atoms. The predicted octanol–water partition coefficient (Wildman–Crippen LogP) is 5.01. The van der Waals surface area contributed by atoms with Gasteiger partial charge in [0.05, 0.1) is 0 Å². The van der Waals surface area contributed by atoms with Crippen LogP contribution in [-0.4, -0.2) is 22.6 Å². The molecule has 4 heteroatoms. The first-order valence-electron chi connectivity index (χ1n) is 8.24. The van der Waals surface area contributed by atoms with Crippen LogP contribution in [-0.2, 0) is 0 Å². The third-order valence-electron chi connectivity index (χ3n) is 3.60. The van der Waals surface area contributed by atoms with Crippen molar-refractivity contribution in [2.45, 2.75) is 47.5 Å². The van der Waals surface area contributed by atoms with E-state index in [4.69, 9.17) is 4.74 Å². The van der Waals surface area contributed by atoms with Crippen LogP contribution in [0.3, 0.4) is 0 Å². The lowest BCUT2D eigenvalue weighted by Crippen LogP contribution is -2.10. The van der Waals surface area contributed by atoms with Crippen molar-refractivity contribution in [1.29, 1.82) is 0 Å². The fourth-order valence-corrected chi connectivity index (χ4v) is 2.20. The minimum atomic E-state index is -0.274. The number of hydrogen-bond donors (Lipinski definition) is 2. The van der Waals surface area contributed by atoms with E-state index < -0.39 is 0 Å². The molecule has 0 aromatic heterocycles. The first-order chi connectivity index (χ1) is 11.2. The number of hydrogen-bond acceptors (Lipinski definition) is 4. The molecule has 4 nitrogen and oxygen atoms in total. The van der Waals surface area contributed by atoms with Gasteiger partial charge < -0.3 is 14.9 Å². The highest BCUT2D eigenvalue weighted by atomic mass is 16.5. The summed E-state index contributed by atoms with van der Waals surface area (Å²) < 4.78 is 5.64. The van der Waals surface area contributed by atoms with Gasteiger partial charge in [-0.1, -0.05) is 31.1 Å². The standard InChI is InChI=1S/C20H28O4/c1-13(2)7-6-8-15(5)9-10-24-18-12-16(21)11-17(22)19(18)20(23)14(3)4/h7,9,11-12,14,21-22H,6,8,10H2,1-5H3. The highest BCUT2D eigenvalue weighted by molar-refractivity contribution is 6.02. The van der Waals surface area contributed by atoms with Gasteiger partial charge in [-0.2, -0.15) is 0 Å². The third kappa shape index (κ3) is 6.11. The van der Waals surface area contributed by atoms with Crippen molar-refractivity contribution in [3.8, 4) is 17.2 Å². The molecular weight excluding hydrogens is 304 g/mol. The van der Waals surface area contributed by atoms with Crippen molar-refractivity contribution < 1.29 is 19.7 Å². The van der Waals surface area contributed by atoms with E-state index in [0.29, 0.717) is 0 Å². The Balaban J connectivity index is 2.84. The highest BCUT2D eigenvalue weighted by Gasteiger charge is 2.21. The lowest BCUT2D eigenvalue weighted by atomic mass is 9.99. The summed E-state index contributed by atoms with van der Waals surface area (Å²) in [5.74, 6) is -0.671. The molecule has 0 aliphatic rings. The van der Waals surface area contributed by atoms with Crippen LogP contribution in [0.4, 0.5) is 0 Å². The largest absolute Gasteiger partial charge is 0.508 e. The van der Waals surface area contributed by atoms with Crippen LogP contribution in [0.1, 0.15) is 57.8 Å². The number of Topliss-reactive ketones (excluding diaryl/α,β-unsaturated/α-hetero) is 1. The second-order valence-electron chi connectivity index (χ2n) is 6.54. The molecule has 0 bridgehead atoms. The van der Waals surface area contributed by atoms with Gasteiger partial charge >= 0.3 is 0 Å². The van der Waals surface area contributed by atoms with E-state index in [0.717, 1.165) is 18.9 Å². The fraction of sp³-hybridized carbons (Fsp3) is 0.450. The van der Waals surface area contributed by atoms with Crippen LogP contribution in [0, 0.1) is 5.92 Å². The Kier molecular flexibility index (Phi) is 7.56. The van der Waals surface area contributed by atoms with Gasteiger partial charge in [-0.25, -0.2) is 0 Å². The van der Waals surface area contributed by atoms with Gasteiger partial charge in [-0.05, 0) is 39.7 Å². The van der Waals surface area contributed by atoms with Crippen LogP contribution >= 0.6 is 0 Å². The lowest BCUT2D eigenvalue weighted by Gasteiger charge is -2.13. The Morgan fingerprint density at radius 1 is 1.17 bits per heavy atom. The van der Waals surface area contributed by atoms with Crippen LogP contribution in [0.5, 0.6) is 17.2 Å². The van der Waals surface area contributed by atoms with E-state index in [1.165, 1.54) is 17.2 Å². The quantitative estimate of drug-likeness (QED) is 0.519. The maximum absolute atomic E-state index is 12.3. The molecule has 0 saturated carbocycles. The van der Waals surface area contributed by atoms with E-state index in [1.807, 2.05) is 13.0 Å². The van der Waals surface area contributed by atoms with Crippen molar-refractivity contribution >= 4 is 5.78 Å². The molecule has 1 aromatic carbocycles. The summed E-state index contributed by atoms with van der Waals surface area (Å²) in [6, 6.07) is 2.52. The summed E-state index contributed by atoms with van der Waals surface area (Å²) >= 11 is 0. The number of allylic oxidation sites excluding steroid dienone is 3. The van der Waals surface area contributed by atoms with E-state index in [-0.39, 0.29) is 41.1 Å². The van der Waals surface area contributed by atoms with Crippen LogP contribution in [0.2, 0.25) is 0 Å². The SMILES string of the molecule is CC(C)=CCCC(C)=CCOc1cc(O)cc(O)c1C(=O)C(C)C. The molecule has 0 saturated heterocycles. The van der Waals surface area contributed by atoms with Crippen molar-refractivity contribution in [3.63, 3.8) is 0 Å². The molecule has 1 rings (SSSR count). The summed E-state index contributed by atoms with van der Waals surface area (Å²) in [5.41, 5.74) is 2.61. The van der Waals surface area contributed by atoms with Gasteiger partial charge in [-0.15, -0.1) is 0 Å². The number of carbonyl (C=O) groups excluding carboxylic acids is 1. The molecule has 0 amide bonds. The molecule has 1 aromatic rings. The molecule has 0 aliphatic carbocycles. The summed E-state index contributed by atoms with van der Waals surface area (Å²) in [5, 5.41) is 19.6. The number of rotatable bonds is 8. The zero-order valence-corrected chi connectivity index (χ0v) is 15.2. The van der Waals surface area contributed by atoms with Gasteiger partial charge in [0, 0.05) is 18.1 Å². The molecular formula is C20H28O4. The maximum Gasteiger partial charge on any atom is 0.172 e. The number of ether oxygens (including phenoxy) is 1. The molecule has 132 valence electrons. The average molecular weight is 332 g/mol. The second-order valence-corrected chi connectivity index (χ2v) is 6.54. The molecule has 0 spiro atoms. The number of carbonyl (C=O) groups is 1. The Labute approximate surface area is 144 Å². The third-order valence-corrected chi connectivity index (χ3v) is 3.60.